The van der Waals surface area contributed by atoms with Crippen LogP contribution in [0.4, 0.5) is 0 Å². The summed E-state index contributed by atoms with van der Waals surface area (Å²) in [5, 5.41) is 1.97. The molecule has 1 aromatic heterocycles. The second-order valence-electron chi connectivity index (χ2n) is 13.7. The average Bonchev–Trinajstić information content (AvgIpc) is 3.52. The molecule has 9 rings (SSSR count). The van der Waals surface area contributed by atoms with Crippen molar-refractivity contribution < 1.29 is 28.5 Å². The Kier molecular flexibility index (Phi) is 5.80. The molecule has 5 aromatic rings. The number of ketones is 1. The van der Waals surface area contributed by atoms with Crippen LogP contribution < -0.4 is 4.74 Å². The minimum Gasteiger partial charge on any atom is -0.486 e. The van der Waals surface area contributed by atoms with E-state index in [2.05, 4.69) is 26.0 Å². The van der Waals surface area contributed by atoms with Crippen LogP contribution in [0.3, 0.4) is 0 Å². The number of ether oxygens (including phenoxy) is 5. The van der Waals surface area contributed by atoms with Crippen molar-refractivity contribution in [1.29, 1.82) is 0 Å². The molecule has 0 bridgehead atoms. The SMILES string of the molecule is CC1(C)O[C@H]2O[C@H]3[C@H](OC[C@H]4[C@@H]3c3c(c5ccccc5c5nc6cc(CC(=O)c7ccccc7)ccc6nc35)OC4(C)C)[C@H]2O1. The number of benzene rings is 4. The van der Waals surface area contributed by atoms with Gasteiger partial charge in [-0.3, -0.25) is 4.79 Å². The van der Waals surface area contributed by atoms with Crippen LogP contribution in [0, 0.1) is 5.92 Å². The van der Waals surface area contributed by atoms with Gasteiger partial charge in [-0.1, -0.05) is 60.7 Å². The average molecular weight is 603 g/mol. The Labute approximate surface area is 260 Å². The highest BCUT2D eigenvalue weighted by atomic mass is 16.8. The molecule has 5 heterocycles. The topological polar surface area (TPSA) is 89.0 Å². The Morgan fingerprint density at radius 2 is 1.58 bits per heavy atom. The lowest BCUT2D eigenvalue weighted by Crippen LogP contribution is -2.57. The zero-order valence-electron chi connectivity index (χ0n) is 25.7. The Bertz CT molecular complexity index is 2020. The number of hydrogen-bond donors (Lipinski definition) is 0. The van der Waals surface area contributed by atoms with Crippen LogP contribution in [-0.4, -0.2) is 58.3 Å². The highest BCUT2D eigenvalue weighted by Gasteiger charge is 2.63. The molecule has 8 nitrogen and oxygen atoms in total. The maximum absolute atomic E-state index is 13.0. The van der Waals surface area contributed by atoms with Crippen LogP contribution in [0.2, 0.25) is 0 Å². The number of hydrogen-bond acceptors (Lipinski definition) is 8. The normalized spacial score (nSPS) is 29.2. The van der Waals surface area contributed by atoms with E-state index >= 15 is 0 Å². The van der Waals surface area contributed by atoms with E-state index in [9.17, 15) is 4.79 Å². The molecule has 0 amide bonds. The van der Waals surface area contributed by atoms with E-state index in [1.165, 1.54) is 0 Å². The first-order valence-corrected chi connectivity index (χ1v) is 15.7. The first kappa shape index (κ1) is 27.4. The molecule has 3 saturated heterocycles. The van der Waals surface area contributed by atoms with E-state index in [-0.39, 0.29) is 35.9 Å². The largest absolute Gasteiger partial charge is 0.486 e. The highest BCUT2D eigenvalue weighted by molar-refractivity contribution is 6.11. The minimum absolute atomic E-state index is 0.00585. The van der Waals surface area contributed by atoms with Crippen molar-refractivity contribution in [1.82, 2.24) is 9.97 Å². The summed E-state index contributed by atoms with van der Waals surface area (Å²) in [6.07, 6.45) is -1.10. The van der Waals surface area contributed by atoms with Gasteiger partial charge in [0.15, 0.2) is 17.9 Å². The first-order chi connectivity index (χ1) is 21.7. The van der Waals surface area contributed by atoms with E-state index in [4.69, 9.17) is 33.7 Å². The molecule has 6 atom stereocenters. The summed E-state index contributed by atoms with van der Waals surface area (Å²) >= 11 is 0. The molecule has 0 spiro atoms. The first-order valence-electron chi connectivity index (χ1n) is 15.7. The van der Waals surface area contributed by atoms with Crippen LogP contribution in [0.15, 0.2) is 72.8 Å². The summed E-state index contributed by atoms with van der Waals surface area (Å²) in [6.45, 7) is 8.58. The fraction of sp³-hybridized carbons (Fsp3) is 0.378. The van der Waals surface area contributed by atoms with Gasteiger partial charge in [0.1, 0.15) is 23.6 Å². The molecule has 0 saturated carbocycles. The summed E-state index contributed by atoms with van der Waals surface area (Å²) in [4.78, 5) is 23.5. The molecular weight excluding hydrogens is 568 g/mol. The lowest BCUT2D eigenvalue weighted by atomic mass is 9.68. The zero-order valence-corrected chi connectivity index (χ0v) is 25.7. The van der Waals surface area contributed by atoms with E-state index in [0.29, 0.717) is 18.6 Å². The maximum Gasteiger partial charge on any atom is 0.190 e. The van der Waals surface area contributed by atoms with Crippen LogP contribution in [-0.2, 0) is 25.4 Å². The van der Waals surface area contributed by atoms with Crippen LogP contribution in [0.25, 0.3) is 32.8 Å². The maximum atomic E-state index is 13.0. The summed E-state index contributed by atoms with van der Waals surface area (Å²) in [6, 6.07) is 23.6. The highest BCUT2D eigenvalue weighted by Crippen LogP contribution is 2.57. The fourth-order valence-corrected chi connectivity index (χ4v) is 7.92. The van der Waals surface area contributed by atoms with Crippen LogP contribution in [0.5, 0.6) is 5.75 Å². The van der Waals surface area contributed by atoms with E-state index in [1.807, 2.05) is 74.5 Å². The van der Waals surface area contributed by atoms with E-state index in [0.717, 1.165) is 49.7 Å². The monoisotopic (exact) mass is 602 g/mol. The predicted molar refractivity (Wildman–Crippen MR) is 168 cm³/mol. The molecule has 0 unspecified atom stereocenters. The van der Waals surface area contributed by atoms with Crippen LogP contribution >= 0.6 is 0 Å². The molecule has 3 fully saturated rings. The number of rotatable bonds is 3. The van der Waals surface area contributed by atoms with Gasteiger partial charge in [-0.05, 0) is 45.4 Å². The molecule has 0 aliphatic carbocycles. The molecule has 4 aromatic carbocycles. The molecule has 0 radical (unpaired) electrons. The van der Waals surface area contributed by atoms with Gasteiger partial charge in [0.25, 0.3) is 0 Å². The van der Waals surface area contributed by atoms with Gasteiger partial charge in [-0.2, -0.15) is 0 Å². The van der Waals surface area contributed by atoms with Gasteiger partial charge in [0.2, 0.25) is 0 Å². The van der Waals surface area contributed by atoms with Gasteiger partial charge in [-0.15, -0.1) is 0 Å². The van der Waals surface area contributed by atoms with Crippen molar-refractivity contribution in [2.45, 2.75) is 76.0 Å². The quantitative estimate of drug-likeness (QED) is 0.131. The van der Waals surface area contributed by atoms with Gasteiger partial charge >= 0.3 is 0 Å². The third-order valence-corrected chi connectivity index (χ3v) is 9.99. The molecular formula is C37H34N2O6. The summed E-state index contributed by atoms with van der Waals surface area (Å²) in [7, 11) is 0. The van der Waals surface area contributed by atoms with Crippen molar-refractivity contribution in [3.63, 3.8) is 0 Å². The zero-order chi connectivity index (χ0) is 30.7. The Balaban J connectivity index is 1.22. The third-order valence-electron chi connectivity index (χ3n) is 9.99. The molecule has 8 heteroatoms. The molecule has 4 aliphatic rings. The minimum atomic E-state index is -0.731. The second kappa shape index (κ2) is 9.53. The van der Waals surface area contributed by atoms with Crippen LogP contribution in [0.1, 0.15) is 55.1 Å². The molecule has 4 aliphatic heterocycles. The smallest absolute Gasteiger partial charge is 0.190 e. The summed E-state index contributed by atoms with van der Waals surface area (Å²) < 4.78 is 32.5. The third kappa shape index (κ3) is 4.16. The lowest BCUT2D eigenvalue weighted by molar-refractivity contribution is -0.240. The number of fused-ring (bicyclic) bond motifs is 13. The summed E-state index contributed by atoms with van der Waals surface area (Å²) in [5.74, 6) is 0.0919. The standard InChI is InChI=1S/C37H34N2O6/c1-36(2)23-18-41-33-32(42-35-34(33)44-37(3,4)45-35)27(23)28-30-29(21-12-8-9-13-22(21)31(28)43-36)39-25-16-19(14-15-24(25)38-30)17-26(40)20-10-6-5-7-11-20/h5-16,23,27,32-35H,17-18H2,1-4H3/t23-,27+,32+,33-,34+,35+/m0/s1. The number of Topliss-reactive ketones (excluding diaryl/α,β-unsaturated/α-hetero) is 1. The predicted octanol–water partition coefficient (Wildman–Crippen LogP) is 6.51. The van der Waals surface area contributed by atoms with E-state index in [1.54, 1.807) is 0 Å². The van der Waals surface area contributed by atoms with Gasteiger partial charge < -0.3 is 23.7 Å². The van der Waals surface area contributed by atoms with Gasteiger partial charge in [0.05, 0.1) is 34.8 Å². The van der Waals surface area contributed by atoms with Crippen molar-refractivity contribution in [3.05, 3.63) is 89.5 Å². The fourth-order valence-electron chi connectivity index (χ4n) is 7.92. The second-order valence-corrected chi connectivity index (χ2v) is 13.7. The van der Waals surface area contributed by atoms with Gasteiger partial charge in [-0.25, -0.2) is 9.97 Å². The lowest BCUT2D eigenvalue weighted by Gasteiger charge is -2.51. The number of carbonyl (C=O) groups is 1. The molecule has 45 heavy (non-hydrogen) atoms. The molecule has 228 valence electrons. The number of aromatic nitrogens is 2. The number of carbonyl (C=O) groups excluding carboxylic acids is 1. The Morgan fingerprint density at radius 3 is 2.40 bits per heavy atom. The van der Waals surface area contributed by atoms with E-state index < -0.39 is 17.7 Å². The number of nitrogens with zero attached hydrogens (tertiary/aromatic N) is 2. The van der Waals surface area contributed by atoms with Crippen molar-refractivity contribution in [2.75, 3.05) is 6.61 Å². The van der Waals surface area contributed by atoms with Crippen molar-refractivity contribution in [3.8, 4) is 5.75 Å². The summed E-state index contributed by atoms with van der Waals surface area (Å²) in [5.41, 5.74) is 5.20. The van der Waals surface area contributed by atoms with Crippen molar-refractivity contribution >= 4 is 38.6 Å². The Hall–Kier alpha value is -3.95. The molecule has 0 N–H and O–H groups in total. The Morgan fingerprint density at radius 1 is 0.822 bits per heavy atom. The van der Waals surface area contributed by atoms with Gasteiger partial charge in [0, 0.05) is 40.2 Å². The van der Waals surface area contributed by atoms with Crippen molar-refractivity contribution in [2.24, 2.45) is 5.92 Å².